The molecule has 7 rings (SSSR count). The first-order valence-electron chi connectivity index (χ1n) is 12.4. The van der Waals surface area contributed by atoms with Gasteiger partial charge < -0.3 is 14.5 Å². The van der Waals surface area contributed by atoms with Gasteiger partial charge in [-0.3, -0.25) is 0 Å². The van der Waals surface area contributed by atoms with E-state index in [2.05, 4.69) is 10.1 Å². The van der Waals surface area contributed by atoms with Gasteiger partial charge in [-0.25, -0.2) is 22.9 Å². The number of nitrogens with zero attached hydrogens (tertiary/aromatic N) is 6. The minimum absolute atomic E-state index is 0.0931. The molecule has 3 saturated heterocycles. The molecule has 2 aliphatic carbocycles. The summed E-state index contributed by atoms with van der Waals surface area (Å²) < 4.78 is 34.6. The highest BCUT2D eigenvalue weighted by atomic mass is 32.2. The molecule has 3 aliphatic heterocycles. The number of carbonyl (C=O) groups is 1. The zero-order valence-corrected chi connectivity index (χ0v) is 20.7. The Labute approximate surface area is 204 Å². The van der Waals surface area contributed by atoms with Gasteiger partial charge in [0, 0.05) is 62.1 Å². The molecular weight excluding hydrogens is 468 g/mol. The number of sulfonamides is 1. The van der Waals surface area contributed by atoms with Crippen molar-refractivity contribution in [1.29, 1.82) is 0 Å². The Morgan fingerprint density at radius 1 is 1.03 bits per heavy atom. The van der Waals surface area contributed by atoms with Gasteiger partial charge in [0.25, 0.3) is 0 Å². The fourth-order valence-corrected chi connectivity index (χ4v) is 8.06. The van der Waals surface area contributed by atoms with Gasteiger partial charge in [0.1, 0.15) is 12.1 Å². The predicted molar refractivity (Wildman–Crippen MR) is 125 cm³/mol. The number of ether oxygens (including phenoxy) is 1. The lowest BCUT2D eigenvalue weighted by molar-refractivity contribution is -0.101. The number of urea groups is 1. The molecule has 5 fully saturated rings. The van der Waals surface area contributed by atoms with Crippen molar-refractivity contribution in [2.75, 3.05) is 46.4 Å². The number of amides is 2. The second kappa shape index (κ2) is 7.19. The van der Waals surface area contributed by atoms with Crippen LogP contribution >= 0.6 is 0 Å². The van der Waals surface area contributed by atoms with Crippen LogP contribution in [0.25, 0.3) is 0 Å². The van der Waals surface area contributed by atoms with E-state index < -0.39 is 10.0 Å². The monoisotopic (exact) mass is 498 g/mol. The van der Waals surface area contributed by atoms with Gasteiger partial charge in [-0.05, 0) is 37.8 Å². The Kier molecular flexibility index (Phi) is 4.44. The van der Waals surface area contributed by atoms with Crippen molar-refractivity contribution >= 4 is 16.1 Å². The number of hydrogen-bond acceptors (Lipinski definition) is 6. The van der Waals surface area contributed by atoms with E-state index in [0.29, 0.717) is 43.9 Å². The first-order chi connectivity index (χ1) is 16.8. The van der Waals surface area contributed by atoms with Crippen LogP contribution in [0.15, 0.2) is 35.5 Å². The summed E-state index contributed by atoms with van der Waals surface area (Å²) >= 11 is 0. The Balaban J connectivity index is 0.885. The van der Waals surface area contributed by atoms with Crippen LogP contribution in [-0.2, 0) is 10.0 Å². The minimum Gasteiger partial charge on any atom is -0.497 e. The number of hydrogen-bond donors (Lipinski definition) is 0. The zero-order chi connectivity index (χ0) is 24.0. The average molecular weight is 499 g/mol. The molecule has 2 amide bonds. The van der Waals surface area contributed by atoms with E-state index in [9.17, 15) is 13.2 Å². The quantitative estimate of drug-likeness (QED) is 0.625. The van der Waals surface area contributed by atoms with Gasteiger partial charge in [0.2, 0.25) is 10.0 Å². The number of likely N-dealkylation sites (tertiary alicyclic amines) is 2. The molecular formula is C24H30N6O4S. The van der Waals surface area contributed by atoms with E-state index in [0.717, 1.165) is 31.8 Å². The van der Waals surface area contributed by atoms with Crippen molar-refractivity contribution in [3.05, 3.63) is 36.4 Å². The van der Waals surface area contributed by atoms with Crippen LogP contribution in [0.1, 0.15) is 43.5 Å². The standard InChI is InChI=1S/C24H30N6O4S/c1-34-19-3-2-4-20(7-19)35(32,33)29-14-24(15-29)12-28(13-24)22(31)27-10-23(11-27)8-18(9-23)30-16-25-21(26-30)17-5-6-17/h2-4,7,16-18H,5-6,8-15H2,1H3. The Morgan fingerprint density at radius 2 is 1.71 bits per heavy atom. The fraction of sp³-hybridized carbons (Fsp3) is 0.625. The number of benzene rings is 1. The minimum atomic E-state index is -3.54. The lowest BCUT2D eigenvalue weighted by Gasteiger charge is -2.63. The highest BCUT2D eigenvalue weighted by Crippen LogP contribution is 2.54. The summed E-state index contributed by atoms with van der Waals surface area (Å²) in [5.41, 5.74) is 0.144. The van der Waals surface area contributed by atoms with Crippen molar-refractivity contribution in [2.24, 2.45) is 10.8 Å². The molecule has 5 aliphatic rings. The third-order valence-electron chi connectivity index (χ3n) is 8.53. The summed E-state index contributed by atoms with van der Waals surface area (Å²) in [6, 6.07) is 7.07. The molecule has 10 nitrogen and oxygen atoms in total. The van der Waals surface area contributed by atoms with Crippen LogP contribution in [0.2, 0.25) is 0 Å². The van der Waals surface area contributed by atoms with Crippen molar-refractivity contribution in [3.8, 4) is 5.75 Å². The van der Waals surface area contributed by atoms with E-state index in [1.165, 1.54) is 24.3 Å². The normalized spacial score (nSPS) is 25.1. The molecule has 2 spiro atoms. The lowest BCUT2D eigenvalue weighted by Crippen LogP contribution is -2.76. The van der Waals surface area contributed by atoms with Crippen LogP contribution in [0.3, 0.4) is 0 Å². The molecule has 4 heterocycles. The predicted octanol–water partition coefficient (Wildman–Crippen LogP) is 1.93. The van der Waals surface area contributed by atoms with E-state index >= 15 is 0 Å². The van der Waals surface area contributed by atoms with E-state index in [4.69, 9.17) is 4.74 Å². The third-order valence-corrected chi connectivity index (χ3v) is 10.3. The van der Waals surface area contributed by atoms with Crippen LogP contribution < -0.4 is 4.74 Å². The highest BCUT2D eigenvalue weighted by molar-refractivity contribution is 7.89. The SMILES string of the molecule is COc1cccc(S(=O)(=O)N2CC3(CN(C(=O)N4CC5(CC(n6cnc(C7CC7)n6)C5)C4)C3)C2)c1. The molecule has 0 atom stereocenters. The second-order valence-electron chi connectivity index (χ2n) is 11.4. The summed E-state index contributed by atoms with van der Waals surface area (Å²) in [6.07, 6.45) is 6.42. The highest BCUT2D eigenvalue weighted by Gasteiger charge is 2.60. The zero-order valence-electron chi connectivity index (χ0n) is 19.8. The molecule has 2 saturated carbocycles. The van der Waals surface area contributed by atoms with Crippen molar-refractivity contribution in [2.45, 2.75) is 42.5 Å². The average Bonchev–Trinajstić information content (AvgIpc) is 3.47. The second-order valence-corrected chi connectivity index (χ2v) is 13.3. The van der Waals surface area contributed by atoms with Crippen LogP contribution in [0.4, 0.5) is 4.79 Å². The fourth-order valence-electron chi connectivity index (χ4n) is 6.36. The van der Waals surface area contributed by atoms with Gasteiger partial charge in [0.05, 0.1) is 18.0 Å². The van der Waals surface area contributed by atoms with E-state index in [-0.39, 0.29) is 21.8 Å². The van der Waals surface area contributed by atoms with E-state index in [1.54, 1.807) is 24.3 Å². The third kappa shape index (κ3) is 3.38. The van der Waals surface area contributed by atoms with Gasteiger partial charge in [-0.2, -0.15) is 9.40 Å². The molecule has 0 radical (unpaired) electrons. The van der Waals surface area contributed by atoms with Crippen LogP contribution in [0, 0.1) is 10.8 Å². The molecule has 11 heteroatoms. The first kappa shape index (κ1) is 21.6. The number of aromatic nitrogens is 3. The number of carbonyl (C=O) groups excluding carboxylic acids is 1. The molecule has 0 bridgehead atoms. The number of rotatable bonds is 5. The maximum atomic E-state index is 12.9. The Bertz CT molecular complexity index is 1280. The lowest BCUT2D eigenvalue weighted by atomic mass is 9.60. The van der Waals surface area contributed by atoms with Gasteiger partial charge in [0.15, 0.2) is 5.82 Å². The largest absolute Gasteiger partial charge is 0.497 e. The molecule has 0 unspecified atom stereocenters. The van der Waals surface area contributed by atoms with Crippen molar-refractivity contribution in [3.63, 3.8) is 0 Å². The van der Waals surface area contributed by atoms with E-state index in [1.807, 2.05) is 20.8 Å². The maximum Gasteiger partial charge on any atom is 0.320 e. The van der Waals surface area contributed by atoms with Crippen LogP contribution in [0.5, 0.6) is 5.75 Å². The topological polar surface area (TPSA) is 101 Å². The molecule has 186 valence electrons. The molecule has 2 aromatic rings. The van der Waals surface area contributed by atoms with Crippen molar-refractivity contribution in [1.82, 2.24) is 28.9 Å². The van der Waals surface area contributed by atoms with Crippen LogP contribution in [-0.4, -0.2) is 89.7 Å². The molecule has 0 N–H and O–H groups in total. The maximum absolute atomic E-state index is 12.9. The van der Waals surface area contributed by atoms with Gasteiger partial charge >= 0.3 is 6.03 Å². The molecule has 1 aromatic heterocycles. The summed E-state index contributed by atoms with van der Waals surface area (Å²) in [4.78, 5) is 21.5. The Hall–Kier alpha value is -2.66. The first-order valence-corrected chi connectivity index (χ1v) is 13.8. The Morgan fingerprint density at radius 3 is 2.37 bits per heavy atom. The van der Waals surface area contributed by atoms with Gasteiger partial charge in [-0.1, -0.05) is 6.07 Å². The molecule has 35 heavy (non-hydrogen) atoms. The summed E-state index contributed by atoms with van der Waals surface area (Å²) in [5, 5.41) is 4.67. The summed E-state index contributed by atoms with van der Waals surface area (Å²) in [6.45, 7) is 3.81. The van der Waals surface area contributed by atoms with Crippen molar-refractivity contribution < 1.29 is 17.9 Å². The number of methoxy groups -OCH3 is 1. The summed E-state index contributed by atoms with van der Waals surface area (Å²) in [7, 11) is -2.02. The van der Waals surface area contributed by atoms with Gasteiger partial charge in [-0.15, -0.1) is 0 Å². The summed E-state index contributed by atoms with van der Waals surface area (Å²) in [5.74, 6) is 2.09. The molecule has 1 aromatic carbocycles. The smallest absolute Gasteiger partial charge is 0.320 e.